The molecule has 2 aliphatic heterocycles. The minimum Gasteiger partial charge on any atom is -0.434 e. The number of nitrogens with one attached hydrogen (secondary N) is 2. The van der Waals surface area contributed by atoms with E-state index in [1.54, 1.807) is 0 Å². The number of sulfone groups is 1. The van der Waals surface area contributed by atoms with E-state index in [0.29, 0.717) is 24.6 Å². The Bertz CT molecular complexity index is 382. The molecule has 8 nitrogen and oxygen atoms in total. The summed E-state index contributed by atoms with van der Waals surface area (Å²) in [5.74, 6) is 0.00773. The average Bonchev–Trinajstić information content (AvgIpc) is 2.65. The number of primary amides is 1. The molecule has 0 aromatic heterocycles. The second-order valence-corrected chi connectivity index (χ2v) is 5.88. The second-order valence-electron chi connectivity index (χ2n) is 3.58. The van der Waals surface area contributed by atoms with Crippen LogP contribution in [-0.4, -0.2) is 57.7 Å². The van der Waals surface area contributed by atoms with Crippen molar-refractivity contribution in [3.8, 4) is 0 Å². The summed E-state index contributed by atoms with van der Waals surface area (Å²) in [6.45, 7) is 1.44. The largest absolute Gasteiger partial charge is 0.434 e. The van der Waals surface area contributed by atoms with E-state index in [1.807, 2.05) is 0 Å². The average molecular weight is 265 g/mol. The van der Waals surface area contributed by atoms with Gasteiger partial charge in [0, 0.05) is 13.1 Å². The predicted molar refractivity (Wildman–Crippen MR) is 59.0 cm³/mol. The SMILES string of the molecule is NC(=O)C1CNC(=O)O1.O=S1(=O)CCNCC1. The minimum absolute atomic E-state index is 0.189. The summed E-state index contributed by atoms with van der Waals surface area (Å²) < 4.78 is 25.6. The molecule has 0 bridgehead atoms. The van der Waals surface area contributed by atoms with Gasteiger partial charge in [-0.1, -0.05) is 0 Å². The van der Waals surface area contributed by atoms with E-state index < -0.39 is 27.9 Å². The zero-order chi connectivity index (χ0) is 12.9. The number of amides is 2. The van der Waals surface area contributed by atoms with Gasteiger partial charge in [0.25, 0.3) is 5.91 Å². The van der Waals surface area contributed by atoms with Crippen molar-refractivity contribution in [3.05, 3.63) is 0 Å². The van der Waals surface area contributed by atoms with Gasteiger partial charge < -0.3 is 21.1 Å². The molecule has 1 unspecified atom stereocenters. The predicted octanol–water partition coefficient (Wildman–Crippen LogP) is -2.42. The van der Waals surface area contributed by atoms with E-state index in [0.717, 1.165) is 0 Å². The lowest BCUT2D eigenvalue weighted by Crippen LogP contribution is -2.35. The fourth-order valence-electron chi connectivity index (χ4n) is 1.23. The van der Waals surface area contributed by atoms with Crippen LogP contribution in [0.4, 0.5) is 4.79 Å². The maximum atomic E-state index is 10.6. The van der Waals surface area contributed by atoms with Gasteiger partial charge in [-0.15, -0.1) is 0 Å². The number of hydrogen-bond acceptors (Lipinski definition) is 6. The van der Waals surface area contributed by atoms with Crippen molar-refractivity contribution in [1.82, 2.24) is 10.6 Å². The summed E-state index contributed by atoms with van der Waals surface area (Å²) in [7, 11) is -2.65. The maximum absolute atomic E-state index is 10.6. The fraction of sp³-hybridized carbons (Fsp3) is 0.750. The van der Waals surface area contributed by atoms with E-state index in [9.17, 15) is 18.0 Å². The number of cyclic esters (lactones) is 1. The zero-order valence-corrected chi connectivity index (χ0v) is 9.96. The maximum Gasteiger partial charge on any atom is 0.408 e. The molecular formula is C8H15N3O5S. The molecule has 2 saturated heterocycles. The van der Waals surface area contributed by atoms with E-state index in [2.05, 4.69) is 15.4 Å². The van der Waals surface area contributed by atoms with Crippen LogP contribution in [0.2, 0.25) is 0 Å². The Morgan fingerprint density at radius 3 is 2.18 bits per heavy atom. The number of alkyl carbamates (subject to hydrolysis) is 1. The standard InChI is InChI=1S/C4H6N2O3.C4H9NO2S/c5-3(7)2-1-6-4(8)9-2;6-8(7)3-1-5-2-4-8/h2H,1H2,(H2,5,7)(H,6,8);5H,1-4H2. The monoisotopic (exact) mass is 265 g/mol. The van der Waals surface area contributed by atoms with Gasteiger partial charge in [-0.05, 0) is 0 Å². The van der Waals surface area contributed by atoms with Crippen molar-refractivity contribution in [2.24, 2.45) is 5.73 Å². The van der Waals surface area contributed by atoms with Crippen LogP contribution in [0.25, 0.3) is 0 Å². The van der Waals surface area contributed by atoms with E-state index in [1.165, 1.54) is 0 Å². The fourth-order valence-corrected chi connectivity index (χ4v) is 2.34. The molecule has 2 fully saturated rings. The lowest BCUT2D eigenvalue weighted by Gasteiger charge is -2.10. The van der Waals surface area contributed by atoms with Crippen molar-refractivity contribution in [2.75, 3.05) is 31.1 Å². The second kappa shape index (κ2) is 5.82. The van der Waals surface area contributed by atoms with Crippen molar-refractivity contribution >= 4 is 21.8 Å². The number of carbonyl (C=O) groups is 2. The van der Waals surface area contributed by atoms with Crippen LogP contribution in [0.15, 0.2) is 0 Å². The normalized spacial score (nSPS) is 26.1. The first-order valence-corrected chi connectivity index (χ1v) is 6.88. The lowest BCUT2D eigenvalue weighted by atomic mass is 10.3. The Kier molecular flexibility index (Phi) is 4.70. The number of hydrogen-bond donors (Lipinski definition) is 3. The molecule has 0 saturated carbocycles. The smallest absolute Gasteiger partial charge is 0.408 e. The van der Waals surface area contributed by atoms with Gasteiger partial charge in [-0.2, -0.15) is 0 Å². The lowest BCUT2D eigenvalue weighted by molar-refractivity contribution is -0.124. The summed E-state index contributed by atoms with van der Waals surface area (Å²) >= 11 is 0. The quantitative estimate of drug-likeness (QED) is 0.484. The molecule has 0 aromatic rings. The van der Waals surface area contributed by atoms with Gasteiger partial charge in [0.15, 0.2) is 15.9 Å². The molecule has 0 aromatic carbocycles. The highest BCUT2D eigenvalue weighted by Crippen LogP contribution is 1.97. The van der Waals surface area contributed by atoms with Crippen LogP contribution in [0.1, 0.15) is 0 Å². The third-order valence-corrected chi connectivity index (χ3v) is 3.83. The van der Waals surface area contributed by atoms with Crippen LogP contribution >= 0.6 is 0 Å². The Morgan fingerprint density at radius 1 is 1.35 bits per heavy atom. The molecule has 1 atom stereocenters. The van der Waals surface area contributed by atoms with E-state index >= 15 is 0 Å². The molecule has 4 N–H and O–H groups in total. The first-order chi connectivity index (χ1) is 7.91. The highest BCUT2D eigenvalue weighted by atomic mass is 32.2. The molecule has 98 valence electrons. The van der Waals surface area contributed by atoms with Crippen molar-refractivity contribution < 1.29 is 22.7 Å². The summed E-state index contributed by atoms with van der Waals surface area (Å²) in [5, 5.41) is 5.25. The first-order valence-electron chi connectivity index (χ1n) is 5.06. The highest BCUT2D eigenvalue weighted by molar-refractivity contribution is 7.91. The number of ether oxygens (including phenoxy) is 1. The number of rotatable bonds is 1. The summed E-state index contributed by atoms with van der Waals surface area (Å²) in [5.41, 5.74) is 4.80. The third-order valence-electron chi connectivity index (χ3n) is 2.18. The van der Waals surface area contributed by atoms with Crippen molar-refractivity contribution in [2.45, 2.75) is 6.10 Å². The van der Waals surface area contributed by atoms with Crippen molar-refractivity contribution in [1.29, 1.82) is 0 Å². The van der Waals surface area contributed by atoms with Gasteiger partial charge in [0.05, 0.1) is 18.1 Å². The molecule has 0 radical (unpaired) electrons. The Hall–Kier alpha value is -1.35. The first kappa shape index (κ1) is 13.7. The van der Waals surface area contributed by atoms with E-state index in [-0.39, 0.29) is 6.54 Å². The van der Waals surface area contributed by atoms with Crippen LogP contribution in [-0.2, 0) is 19.4 Å². The van der Waals surface area contributed by atoms with Crippen LogP contribution in [0.3, 0.4) is 0 Å². The van der Waals surface area contributed by atoms with Crippen LogP contribution in [0, 0.1) is 0 Å². The molecule has 0 aliphatic carbocycles. The molecule has 2 rings (SSSR count). The van der Waals surface area contributed by atoms with Gasteiger partial charge in [-0.3, -0.25) is 4.79 Å². The van der Waals surface area contributed by atoms with Crippen LogP contribution in [0.5, 0.6) is 0 Å². The van der Waals surface area contributed by atoms with E-state index in [4.69, 9.17) is 5.73 Å². The Labute approximate surface area is 98.8 Å². The van der Waals surface area contributed by atoms with Gasteiger partial charge >= 0.3 is 6.09 Å². The van der Waals surface area contributed by atoms with Gasteiger partial charge in [0.2, 0.25) is 0 Å². The third kappa shape index (κ3) is 5.00. The number of nitrogens with two attached hydrogens (primary N) is 1. The van der Waals surface area contributed by atoms with Gasteiger partial charge in [-0.25, -0.2) is 13.2 Å². The van der Waals surface area contributed by atoms with Gasteiger partial charge in [0.1, 0.15) is 0 Å². The van der Waals surface area contributed by atoms with Crippen molar-refractivity contribution in [3.63, 3.8) is 0 Å². The minimum atomic E-state index is -2.65. The summed E-state index contributed by atoms with van der Waals surface area (Å²) in [6, 6.07) is 0. The molecular weight excluding hydrogens is 250 g/mol. The molecule has 2 heterocycles. The summed E-state index contributed by atoms with van der Waals surface area (Å²) in [4.78, 5) is 20.5. The zero-order valence-electron chi connectivity index (χ0n) is 9.14. The molecule has 2 amide bonds. The number of carbonyl (C=O) groups excluding carboxylic acids is 2. The molecule has 9 heteroatoms. The summed E-state index contributed by atoms with van der Waals surface area (Å²) in [6.07, 6.45) is -1.36. The molecule has 17 heavy (non-hydrogen) atoms. The molecule has 0 spiro atoms. The Morgan fingerprint density at radius 2 is 1.94 bits per heavy atom. The topological polar surface area (TPSA) is 128 Å². The highest BCUT2D eigenvalue weighted by Gasteiger charge is 2.26. The Balaban J connectivity index is 0.000000171. The molecule has 2 aliphatic rings. The van der Waals surface area contributed by atoms with Crippen LogP contribution < -0.4 is 16.4 Å².